The average Bonchev–Trinajstić information content (AvgIpc) is 3.95. The SMILES string of the molecule is [2H]C([2H])(Oc1ccccc1C(F)C(Oc1ncnc2sc(-c3ccc(F)o3)c(-c3ccc(OCCN4CCN(C)CC4)c(Cl)c3C)c12)C(C)=O)c1ccnn1CC. The second kappa shape index (κ2) is 16.9. The van der Waals surface area contributed by atoms with E-state index in [1.165, 1.54) is 65.8 Å². The Bertz CT molecular complexity index is 2380. The van der Waals surface area contributed by atoms with Gasteiger partial charge in [0.25, 0.3) is 6.01 Å². The summed E-state index contributed by atoms with van der Waals surface area (Å²) in [6, 6.07) is 12.9. The fourth-order valence-corrected chi connectivity index (χ4v) is 7.80. The van der Waals surface area contributed by atoms with Gasteiger partial charge in [0, 0.05) is 62.7 Å². The highest BCUT2D eigenvalue weighted by Crippen LogP contribution is 2.50. The molecular weight excluding hydrogens is 750 g/mol. The van der Waals surface area contributed by atoms with E-state index in [1.807, 2.05) is 19.9 Å². The van der Waals surface area contributed by atoms with Gasteiger partial charge in [0.15, 0.2) is 18.1 Å². The van der Waals surface area contributed by atoms with Crippen molar-refractivity contribution in [1.82, 2.24) is 29.5 Å². The number of furan rings is 1. The standard InChI is InChI=1S/C40H41ClF2N6O5S/c1-5-49-26(14-15-46-49)22-52-29-9-7-6-8-28(29)36(43)37(25(3)50)54-39-34-33(38(31-12-13-32(42)53-31)55-40(34)45-23-44-39)27-10-11-30(35(41)24(27)2)51-21-20-48-18-16-47(4)17-19-48/h6-15,23,36-37H,5,16-22H2,1-4H3/i22D2. The number of likely N-dealkylation sites (N-methyl/N-ethyl adjacent to an activating group) is 1. The zero-order valence-electron chi connectivity index (χ0n) is 32.7. The first-order valence-corrected chi connectivity index (χ1v) is 19.0. The third-order valence-electron chi connectivity index (χ3n) is 9.53. The van der Waals surface area contributed by atoms with E-state index in [0.29, 0.717) is 55.7 Å². The number of ether oxygens (including phenoxy) is 3. The number of halogens is 3. The molecule has 5 heterocycles. The summed E-state index contributed by atoms with van der Waals surface area (Å²) < 4.78 is 73.6. The monoisotopic (exact) mass is 792 g/mol. The molecule has 0 N–H and O–H groups in total. The zero-order valence-corrected chi connectivity index (χ0v) is 32.3. The van der Waals surface area contributed by atoms with Crippen molar-refractivity contribution < 1.29 is 34.9 Å². The second-order valence-electron chi connectivity index (χ2n) is 13.1. The Morgan fingerprint density at radius 3 is 2.62 bits per heavy atom. The summed E-state index contributed by atoms with van der Waals surface area (Å²) in [6.45, 7) is 7.88. The molecule has 55 heavy (non-hydrogen) atoms. The third kappa shape index (κ3) is 8.23. The van der Waals surface area contributed by atoms with Crippen LogP contribution in [0.5, 0.6) is 17.4 Å². The molecule has 15 heteroatoms. The number of thiophene rings is 1. The Kier molecular flexibility index (Phi) is 11.0. The molecule has 11 nitrogen and oxygen atoms in total. The fraction of sp³-hybridized carbons (Fsp3) is 0.350. The number of rotatable bonds is 15. The van der Waals surface area contributed by atoms with Crippen LogP contribution < -0.4 is 14.2 Å². The van der Waals surface area contributed by atoms with E-state index in [4.69, 9.17) is 33.0 Å². The maximum atomic E-state index is 16.9. The van der Waals surface area contributed by atoms with Gasteiger partial charge in [0.2, 0.25) is 5.88 Å². The van der Waals surface area contributed by atoms with Gasteiger partial charge in [-0.3, -0.25) is 14.4 Å². The Morgan fingerprint density at radius 2 is 1.87 bits per heavy atom. The highest BCUT2D eigenvalue weighted by molar-refractivity contribution is 7.22. The first kappa shape index (κ1) is 35.8. The van der Waals surface area contributed by atoms with Crippen LogP contribution in [0.3, 0.4) is 0 Å². The average molecular weight is 793 g/mol. The molecule has 0 aliphatic carbocycles. The van der Waals surface area contributed by atoms with Crippen LogP contribution in [0.15, 0.2) is 71.5 Å². The number of carbonyl (C=O) groups excluding carboxylic acids is 1. The Morgan fingerprint density at radius 1 is 1.07 bits per heavy atom. The topological polar surface area (TPSA) is 108 Å². The molecule has 0 spiro atoms. The van der Waals surface area contributed by atoms with Gasteiger partial charge in [-0.15, -0.1) is 11.3 Å². The van der Waals surface area contributed by atoms with Crippen LogP contribution in [0, 0.1) is 12.9 Å². The number of ketones is 1. The van der Waals surface area contributed by atoms with Gasteiger partial charge in [0.1, 0.15) is 41.6 Å². The van der Waals surface area contributed by atoms with Crippen LogP contribution in [0.25, 0.3) is 32.0 Å². The van der Waals surface area contributed by atoms with Crippen LogP contribution >= 0.6 is 22.9 Å². The van der Waals surface area contributed by atoms with Crippen LogP contribution in [-0.4, -0.2) is 87.8 Å². The van der Waals surface area contributed by atoms with Gasteiger partial charge >= 0.3 is 0 Å². The van der Waals surface area contributed by atoms with Gasteiger partial charge in [-0.1, -0.05) is 35.9 Å². The van der Waals surface area contributed by atoms with Crippen molar-refractivity contribution in [3.8, 4) is 39.1 Å². The summed E-state index contributed by atoms with van der Waals surface area (Å²) in [7, 11) is 2.11. The molecule has 2 atom stereocenters. The normalized spacial score (nSPS) is 15.8. The van der Waals surface area contributed by atoms with E-state index in [0.717, 1.165) is 32.7 Å². The lowest BCUT2D eigenvalue weighted by Gasteiger charge is -2.32. The lowest BCUT2D eigenvalue weighted by molar-refractivity contribution is -0.126. The first-order chi connectivity index (χ1) is 27.4. The molecule has 1 fully saturated rings. The molecule has 288 valence electrons. The molecule has 0 saturated carbocycles. The molecule has 1 aliphatic rings. The minimum absolute atomic E-state index is 0.113. The summed E-state index contributed by atoms with van der Waals surface area (Å²) in [6.07, 6.45) is -1.20. The number of carbonyl (C=O) groups is 1. The number of nitrogens with zero attached hydrogens (tertiary/aromatic N) is 6. The number of aryl methyl sites for hydroxylation is 1. The molecule has 1 aliphatic heterocycles. The predicted molar refractivity (Wildman–Crippen MR) is 207 cm³/mol. The zero-order chi connectivity index (χ0) is 40.4. The fourth-order valence-electron chi connectivity index (χ4n) is 6.47. The van der Waals surface area contributed by atoms with E-state index < -0.39 is 30.6 Å². The van der Waals surface area contributed by atoms with E-state index in [9.17, 15) is 9.18 Å². The van der Waals surface area contributed by atoms with Crippen molar-refractivity contribution in [2.75, 3.05) is 46.4 Å². The molecule has 7 rings (SSSR count). The Hall–Kier alpha value is -4.89. The molecule has 1 saturated heterocycles. The molecule has 0 amide bonds. The molecule has 6 aromatic rings. The van der Waals surface area contributed by atoms with Crippen molar-refractivity contribution in [3.63, 3.8) is 0 Å². The molecule has 2 unspecified atom stereocenters. The predicted octanol–water partition coefficient (Wildman–Crippen LogP) is 8.19. The van der Waals surface area contributed by atoms with E-state index >= 15 is 4.39 Å². The lowest BCUT2D eigenvalue weighted by Crippen LogP contribution is -2.45. The number of benzene rings is 2. The summed E-state index contributed by atoms with van der Waals surface area (Å²) in [4.78, 5) is 27.6. The van der Waals surface area contributed by atoms with Crippen molar-refractivity contribution in [2.45, 2.75) is 46.2 Å². The maximum Gasteiger partial charge on any atom is 0.278 e. The summed E-state index contributed by atoms with van der Waals surface area (Å²) in [5.74, 6) is -0.215. The lowest BCUT2D eigenvalue weighted by atomic mass is 9.97. The minimum Gasteiger partial charge on any atom is -0.491 e. The van der Waals surface area contributed by atoms with Gasteiger partial charge < -0.3 is 23.5 Å². The number of fused-ring (bicyclic) bond motifs is 1. The number of piperazine rings is 1. The highest BCUT2D eigenvalue weighted by Gasteiger charge is 2.34. The molecule has 2 aromatic carbocycles. The number of Topliss-reactive ketones (excluding diaryl/α,β-unsaturated/α-hetero) is 1. The quantitative estimate of drug-likeness (QED) is 0.101. The van der Waals surface area contributed by atoms with Gasteiger partial charge in [-0.05, 0) is 63.2 Å². The Labute approximate surface area is 329 Å². The minimum atomic E-state index is -2.40. The van der Waals surface area contributed by atoms with E-state index in [-0.39, 0.29) is 28.6 Å². The largest absolute Gasteiger partial charge is 0.491 e. The molecular formula is C40H41ClF2N6O5S. The number of aromatic nitrogens is 4. The number of hydrogen-bond donors (Lipinski definition) is 0. The van der Waals surface area contributed by atoms with Crippen LogP contribution in [-0.2, 0) is 17.9 Å². The molecule has 0 radical (unpaired) electrons. The van der Waals surface area contributed by atoms with Crippen LogP contribution in [0.2, 0.25) is 5.02 Å². The molecule has 0 bridgehead atoms. The van der Waals surface area contributed by atoms with Crippen molar-refractivity contribution in [3.05, 3.63) is 95.0 Å². The van der Waals surface area contributed by atoms with Gasteiger partial charge in [-0.2, -0.15) is 9.49 Å². The van der Waals surface area contributed by atoms with Crippen molar-refractivity contribution in [2.24, 2.45) is 0 Å². The number of para-hydroxylation sites is 1. The maximum absolute atomic E-state index is 16.9. The third-order valence-corrected chi connectivity index (χ3v) is 11.1. The van der Waals surface area contributed by atoms with Gasteiger partial charge in [0.05, 0.1) is 23.7 Å². The summed E-state index contributed by atoms with van der Waals surface area (Å²) >= 11 is 8.15. The van der Waals surface area contributed by atoms with Crippen molar-refractivity contribution in [1.29, 1.82) is 0 Å². The van der Waals surface area contributed by atoms with E-state index in [1.54, 1.807) is 18.2 Å². The first-order valence-electron chi connectivity index (χ1n) is 18.8. The second-order valence-corrected chi connectivity index (χ2v) is 14.5. The molecule has 4 aromatic heterocycles. The summed E-state index contributed by atoms with van der Waals surface area (Å²) in [5.41, 5.74) is 1.74. The van der Waals surface area contributed by atoms with Crippen LogP contribution in [0.4, 0.5) is 8.78 Å². The van der Waals surface area contributed by atoms with E-state index in [2.05, 4.69) is 31.9 Å². The Balaban J connectivity index is 1.24. The number of hydrogen-bond acceptors (Lipinski definition) is 11. The summed E-state index contributed by atoms with van der Waals surface area (Å²) in [5, 5.41) is 4.81. The van der Waals surface area contributed by atoms with Gasteiger partial charge in [-0.25, -0.2) is 14.4 Å². The van der Waals surface area contributed by atoms with Crippen molar-refractivity contribution >= 4 is 38.9 Å². The van der Waals surface area contributed by atoms with Crippen LogP contribution in [0.1, 0.15) is 39.6 Å². The number of alkyl halides is 1. The smallest absolute Gasteiger partial charge is 0.278 e. The highest BCUT2D eigenvalue weighted by atomic mass is 35.5.